The van der Waals surface area contributed by atoms with Crippen LogP contribution in [-0.2, 0) is 0 Å². The van der Waals surface area contributed by atoms with Crippen molar-refractivity contribution in [2.24, 2.45) is 0 Å². The molecule has 2 heterocycles. The molecule has 0 spiro atoms. The van der Waals surface area contributed by atoms with E-state index in [9.17, 15) is 4.79 Å². The Bertz CT molecular complexity index is 1610. The Kier molecular flexibility index (Phi) is 6.91. The molecule has 5 rings (SSSR count). The SMILES string of the molecule is COc1cc(-c2cc(/C=C/C(=O)c3ccc(C)cc3)nc3cc(-c4ccccc4)nn23)cc(OC)c1OC. The van der Waals surface area contributed by atoms with Crippen molar-refractivity contribution in [2.45, 2.75) is 6.92 Å². The van der Waals surface area contributed by atoms with Gasteiger partial charge in [0.05, 0.1) is 38.4 Å². The van der Waals surface area contributed by atoms with Gasteiger partial charge in [-0.3, -0.25) is 4.79 Å². The number of carbonyl (C=O) groups is 1. The van der Waals surface area contributed by atoms with Crippen LogP contribution in [0, 0.1) is 6.92 Å². The second-order valence-corrected chi connectivity index (χ2v) is 8.71. The molecule has 0 amide bonds. The number of carbonyl (C=O) groups excluding carboxylic acids is 1. The van der Waals surface area contributed by atoms with Gasteiger partial charge in [-0.25, -0.2) is 9.50 Å². The predicted octanol–water partition coefficient (Wildman–Crippen LogP) is 6.29. The van der Waals surface area contributed by atoms with E-state index >= 15 is 0 Å². The Labute approximate surface area is 220 Å². The number of allylic oxidation sites excluding steroid dienone is 1. The average molecular weight is 506 g/mol. The normalized spacial score (nSPS) is 11.2. The van der Waals surface area contributed by atoms with Gasteiger partial charge in [0.1, 0.15) is 0 Å². The van der Waals surface area contributed by atoms with Crippen molar-refractivity contribution in [3.05, 3.63) is 102 Å². The average Bonchev–Trinajstić information content (AvgIpc) is 3.39. The maximum Gasteiger partial charge on any atom is 0.203 e. The van der Waals surface area contributed by atoms with Crippen LogP contribution in [0.3, 0.4) is 0 Å². The predicted molar refractivity (Wildman–Crippen MR) is 148 cm³/mol. The molecule has 0 aliphatic heterocycles. The summed E-state index contributed by atoms with van der Waals surface area (Å²) < 4.78 is 18.5. The number of hydrogen-bond acceptors (Lipinski definition) is 6. The van der Waals surface area contributed by atoms with Gasteiger partial charge in [-0.2, -0.15) is 5.10 Å². The van der Waals surface area contributed by atoms with Crippen LogP contribution < -0.4 is 14.2 Å². The van der Waals surface area contributed by atoms with E-state index in [4.69, 9.17) is 24.3 Å². The molecule has 0 radical (unpaired) electrons. The molecule has 0 saturated carbocycles. The largest absolute Gasteiger partial charge is 0.493 e. The fourth-order valence-electron chi connectivity index (χ4n) is 4.24. The summed E-state index contributed by atoms with van der Waals surface area (Å²) >= 11 is 0. The number of fused-ring (bicyclic) bond motifs is 1. The number of hydrogen-bond donors (Lipinski definition) is 0. The number of aromatic nitrogens is 3. The highest BCUT2D eigenvalue weighted by Gasteiger charge is 2.18. The second kappa shape index (κ2) is 10.6. The summed E-state index contributed by atoms with van der Waals surface area (Å²) in [4.78, 5) is 17.6. The molecular weight excluding hydrogens is 478 g/mol. The van der Waals surface area contributed by atoms with Crippen molar-refractivity contribution in [3.63, 3.8) is 0 Å². The lowest BCUT2D eigenvalue weighted by molar-refractivity contribution is 0.104. The summed E-state index contributed by atoms with van der Waals surface area (Å²) in [5, 5.41) is 4.86. The molecule has 3 aromatic carbocycles. The molecule has 0 atom stereocenters. The molecule has 0 aliphatic carbocycles. The van der Waals surface area contributed by atoms with E-state index < -0.39 is 0 Å². The molecule has 0 N–H and O–H groups in total. The van der Waals surface area contributed by atoms with Crippen molar-refractivity contribution in [1.29, 1.82) is 0 Å². The van der Waals surface area contributed by atoms with Crippen molar-refractivity contribution in [3.8, 4) is 39.8 Å². The van der Waals surface area contributed by atoms with Crippen LogP contribution in [0.25, 0.3) is 34.2 Å². The van der Waals surface area contributed by atoms with E-state index in [-0.39, 0.29) is 5.78 Å². The number of rotatable bonds is 8. The molecule has 2 aromatic heterocycles. The number of ketones is 1. The van der Waals surface area contributed by atoms with Gasteiger partial charge in [0.2, 0.25) is 5.75 Å². The first-order chi connectivity index (χ1) is 18.5. The minimum absolute atomic E-state index is 0.0977. The van der Waals surface area contributed by atoms with Crippen LogP contribution in [0.15, 0.2) is 84.9 Å². The molecule has 0 saturated heterocycles. The summed E-state index contributed by atoms with van der Waals surface area (Å²) in [5.41, 5.74) is 6.26. The Morgan fingerprint density at radius 3 is 2.13 bits per heavy atom. The summed E-state index contributed by atoms with van der Waals surface area (Å²) in [6.45, 7) is 1.99. The lowest BCUT2D eigenvalue weighted by atomic mass is 10.1. The van der Waals surface area contributed by atoms with Crippen molar-refractivity contribution in [2.75, 3.05) is 21.3 Å². The zero-order valence-corrected chi connectivity index (χ0v) is 21.6. The van der Waals surface area contributed by atoms with E-state index in [1.807, 2.05) is 85.8 Å². The van der Waals surface area contributed by atoms with E-state index in [0.717, 1.165) is 28.1 Å². The van der Waals surface area contributed by atoms with Gasteiger partial charge in [0.25, 0.3) is 0 Å². The topological polar surface area (TPSA) is 75.0 Å². The van der Waals surface area contributed by atoms with Gasteiger partial charge < -0.3 is 14.2 Å². The fraction of sp³-hybridized carbons (Fsp3) is 0.129. The van der Waals surface area contributed by atoms with Crippen LogP contribution in [-0.4, -0.2) is 41.7 Å². The van der Waals surface area contributed by atoms with Crippen LogP contribution in [0.5, 0.6) is 17.2 Å². The molecule has 0 fully saturated rings. The van der Waals surface area contributed by atoms with Gasteiger partial charge in [-0.1, -0.05) is 60.2 Å². The van der Waals surface area contributed by atoms with Crippen LogP contribution in [0.4, 0.5) is 0 Å². The summed E-state index contributed by atoms with van der Waals surface area (Å²) in [5.74, 6) is 1.44. The van der Waals surface area contributed by atoms with Crippen molar-refractivity contribution < 1.29 is 19.0 Å². The Morgan fingerprint density at radius 2 is 1.50 bits per heavy atom. The molecular formula is C31H27N3O4. The molecule has 7 nitrogen and oxygen atoms in total. The lowest BCUT2D eigenvalue weighted by Gasteiger charge is -2.15. The molecule has 7 heteroatoms. The highest BCUT2D eigenvalue weighted by molar-refractivity contribution is 6.06. The van der Waals surface area contributed by atoms with E-state index in [0.29, 0.717) is 34.2 Å². The first-order valence-electron chi connectivity index (χ1n) is 12.1. The van der Waals surface area contributed by atoms with Crippen molar-refractivity contribution in [1.82, 2.24) is 14.6 Å². The van der Waals surface area contributed by atoms with Gasteiger partial charge in [-0.05, 0) is 37.3 Å². The first kappa shape index (κ1) is 24.8. The number of methoxy groups -OCH3 is 3. The Hall–Kier alpha value is -4.91. The minimum Gasteiger partial charge on any atom is -0.493 e. The molecule has 5 aromatic rings. The lowest BCUT2D eigenvalue weighted by Crippen LogP contribution is -2.01. The van der Waals surface area contributed by atoms with Gasteiger partial charge >= 0.3 is 0 Å². The first-order valence-corrected chi connectivity index (χ1v) is 12.1. The monoisotopic (exact) mass is 505 g/mol. The van der Waals surface area contributed by atoms with Crippen LogP contribution in [0.2, 0.25) is 0 Å². The smallest absolute Gasteiger partial charge is 0.203 e. The molecule has 0 aliphatic rings. The number of benzene rings is 3. The van der Waals surface area contributed by atoms with E-state index in [2.05, 4.69) is 0 Å². The van der Waals surface area contributed by atoms with E-state index in [1.54, 1.807) is 31.9 Å². The summed E-state index contributed by atoms with van der Waals surface area (Å²) in [6.07, 6.45) is 3.26. The van der Waals surface area contributed by atoms with Crippen LogP contribution in [0.1, 0.15) is 21.6 Å². The zero-order valence-electron chi connectivity index (χ0n) is 21.6. The number of nitrogens with zero attached hydrogens (tertiary/aromatic N) is 3. The quantitative estimate of drug-likeness (QED) is 0.182. The molecule has 190 valence electrons. The summed E-state index contributed by atoms with van der Waals surface area (Å²) in [6, 6.07) is 24.9. The third-order valence-electron chi connectivity index (χ3n) is 6.22. The fourth-order valence-corrected chi connectivity index (χ4v) is 4.24. The summed E-state index contributed by atoms with van der Waals surface area (Å²) in [7, 11) is 4.73. The number of ether oxygens (including phenoxy) is 3. The highest BCUT2D eigenvalue weighted by Crippen LogP contribution is 2.41. The van der Waals surface area contributed by atoms with Gasteiger partial charge in [-0.15, -0.1) is 0 Å². The Balaban J connectivity index is 1.66. The third kappa shape index (κ3) is 4.86. The number of aryl methyl sites for hydroxylation is 1. The Morgan fingerprint density at radius 1 is 0.816 bits per heavy atom. The minimum atomic E-state index is -0.0977. The molecule has 0 unspecified atom stereocenters. The second-order valence-electron chi connectivity index (χ2n) is 8.71. The zero-order chi connectivity index (χ0) is 26.6. The maximum absolute atomic E-state index is 12.8. The van der Waals surface area contributed by atoms with Crippen LogP contribution >= 0.6 is 0 Å². The highest BCUT2D eigenvalue weighted by atomic mass is 16.5. The van der Waals surface area contributed by atoms with Crippen molar-refractivity contribution >= 4 is 17.5 Å². The van der Waals surface area contributed by atoms with E-state index in [1.165, 1.54) is 6.08 Å². The standard InChI is InChI=1S/C31H27N3O4/c1-20-10-12-22(13-11-20)27(35)15-14-24-18-26(23-16-28(36-2)31(38-4)29(17-23)37-3)34-30(32-24)19-25(33-34)21-8-6-5-7-9-21/h5-19H,1-4H3/b15-14+. The third-order valence-corrected chi connectivity index (χ3v) is 6.22. The van der Waals surface area contributed by atoms with Gasteiger partial charge in [0, 0.05) is 22.8 Å². The molecule has 38 heavy (non-hydrogen) atoms. The van der Waals surface area contributed by atoms with Gasteiger partial charge in [0.15, 0.2) is 22.9 Å². The molecule has 0 bridgehead atoms. The maximum atomic E-state index is 12.8.